The maximum absolute atomic E-state index is 4.52. The van der Waals surface area contributed by atoms with Gasteiger partial charge in [0, 0.05) is 19.0 Å². The van der Waals surface area contributed by atoms with Gasteiger partial charge >= 0.3 is 0 Å². The molecule has 94 valence electrons. The average Bonchev–Trinajstić information content (AvgIpc) is 2.94. The van der Waals surface area contributed by atoms with E-state index in [1.165, 1.54) is 0 Å². The van der Waals surface area contributed by atoms with Gasteiger partial charge in [0.15, 0.2) is 6.21 Å². The van der Waals surface area contributed by atoms with Gasteiger partial charge in [-0.15, -0.1) is 10.2 Å². The van der Waals surface area contributed by atoms with Crippen LogP contribution in [0.25, 0.3) is 11.5 Å². The molecule has 7 heteroatoms. The van der Waals surface area contributed by atoms with Crippen molar-refractivity contribution in [1.82, 2.24) is 30.4 Å². The van der Waals surface area contributed by atoms with Crippen LogP contribution >= 0.6 is 0 Å². The lowest BCUT2D eigenvalue weighted by Crippen LogP contribution is -2.22. The van der Waals surface area contributed by atoms with Gasteiger partial charge in [-0.05, 0) is 19.1 Å². The number of aryl methyl sites for hydroxylation is 1. The summed E-state index contributed by atoms with van der Waals surface area (Å²) in [5, 5.41) is 18.4. The summed E-state index contributed by atoms with van der Waals surface area (Å²) in [6, 6.07) is 2.51. The van der Waals surface area contributed by atoms with Crippen molar-refractivity contribution in [2.75, 3.05) is 6.54 Å². The van der Waals surface area contributed by atoms with Gasteiger partial charge in [0.2, 0.25) is 5.82 Å². The fourth-order valence-corrected chi connectivity index (χ4v) is 2.14. The molecule has 0 saturated heterocycles. The van der Waals surface area contributed by atoms with Crippen LogP contribution in [0.1, 0.15) is 26.0 Å². The molecule has 0 saturated carbocycles. The van der Waals surface area contributed by atoms with Crippen molar-refractivity contribution in [1.29, 1.82) is 0 Å². The number of nitrogens with zero attached hydrogens (tertiary/aromatic N) is 6. The lowest BCUT2D eigenvalue weighted by atomic mass is 10.3. The zero-order valence-corrected chi connectivity index (χ0v) is 10.5. The minimum Gasteiger partial charge on any atom is -0.258 e. The van der Waals surface area contributed by atoms with E-state index < -0.39 is 0 Å². The summed E-state index contributed by atoms with van der Waals surface area (Å²) in [6.07, 6.45) is 3.25. The van der Waals surface area contributed by atoms with Gasteiger partial charge in [0.05, 0.1) is 0 Å². The molecule has 0 aromatic carbocycles. The average molecular weight is 246 g/mol. The lowest BCUT2D eigenvalue weighted by molar-refractivity contribution is -0.553. The molecule has 7 nitrogen and oxygen atoms in total. The second-order valence-electron chi connectivity index (χ2n) is 4.73. The van der Waals surface area contributed by atoms with Crippen LogP contribution in [0.2, 0.25) is 0 Å². The molecule has 3 rings (SSSR count). The molecule has 0 unspecified atom stereocenters. The van der Waals surface area contributed by atoms with E-state index in [2.05, 4.69) is 50.4 Å². The SMILES string of the molecule is CC(C)[N+]1=Cc2cc(-c3nn[nH]n3)nn2CCC1. The van der Waals surface area contributed by atoms with Crippen LogP contribution in [-0.2, 0) is 6.54 Å². The Kier molecular flexibility index (Phi) is 2.66. The smallest absolute Gasteiger partial charge is 0.224 e. The Bertz CT molecular complexity index is 564. The number of aromatic amines is 1. The molecular weight excluding hydrogens is 230 g/mol. The highest BCUT2D eigenvalue weighted by Crippen LogP contribution is 2.14. The molecule has 1 aliphatic rings. The molecule has 0 atom stereocenters. The zero-order chi connectivity index (χ0) is 12.5. The number of tetrazole rings is 1. The van der Waals surface area contributed by atoms with Crippen LogP contribution in [0.3, 0.4) is 0 Å². The number of hydrogen-bond donors (Lipinski definition) is 1. The number of fused-ring (bicyclic) bond motifs is 1. The van der Waals surface area contributed by atoms with Gasteiger partial charge in [-0.25, -0.2) is 4.58 Å². The van der Waals surface area contributed by atoms with Gasteiger partial charge in [-0.1, -0.05) is 0 Å². The van der Waals surface area contributed by atoms with E-state index in [9.17, 15) is 0 Å². The first kappa shape index (κ1) is 11.1. The van der Waals surface area contributed by atoms with E-state index in [1.54, 1.807) is 0 Å². The molecule has 0 aliphatic carbocycles. The highest BCUT2D eigenvalue weighted by atomic mass is 15.5. The second kappa shape index (κ2) is 4.32. The predicted octanol–water partition coefficient (Wildman–Crippen LogP) is 0.307. The summed E-state index contributed by atoms with van der Waals surface area (Å²) < 4.78 is 4.34. The Morgan fingerprint density at radius 1 is 1.44 bits per heavy atom. The van der Waals surface area contributed by atoms with Crippen LogP contribution in [0, 0.1) is 0 Å². The van der Waals surface area contributed by atoms with Gasteiger partial charge in [0.1, 0.15) is 24.0 Å². The van der Waals surface area contributed by atoms with E-state index in [0.29, 0.717) is 11.9 Å². The fraction of sp³-hybridized carbons (Fsp3) is 0.545. The lowest BCUT2D eigenvalue weighted by Gasteiger charge is -2.03. The van der Waals surface area contributed by atoms with Gasteiger partial charge < -0.3 is 0 Å². The molecule has 0 fully saturated rings. The van der Waals surface area contributed by atoms with Crippen molar-refractivity contribution >= 4 is 6.21 Å². The van der Waals surface area contributed by atoms with Gasteiger partial charge in [-0.2, -0.15) is 10.3 Å². The van der Waals surface area contributed by atoms with Crippen molar-refractivity contribution in [2.24, 2.45) is 0 Å². The topological polar surface area (TPSA) is 75.3 Å². The maximum atomic E-state index is 4.52. The molecule has 0 spiro atoms. The summed E-state index contributed by atoms with van der Waals surface area (Å²) >= 11 is 0. The Hall–Kier alpha value is -2.05. The maximum Gasteiger partial charge on any atom is 0.224 e. The monoisotopic (exact) mass is 246 g/mol. The van der Waals surface area contributed by atoms with Gasteiger partial charge in [0.25, 0.3) is 0 Å². The molecule has 2 aromatic rings. The fourth-order valence-electron chi connectivity index (χ4n) is 2.14. The van der Waals surface area contributed by atoms with Gasteiger partial charge in [-0.3, -0.25) is 4.68 Å². The number of nitrogens with one attached hydrogen (secondary N) is 1. The van der Waals surface area contributed by atoms with Crippen molar-refractivity contribution in [2.45, 2.75) is 32.9 Å². The van der Waals surface area contributed by atoms with Crippen LogP contribution < -0.4 is 0 Å². The van der Waals surface area contributed by atoms with E-state index in [4.69, 9.17) is 0 Å². The van der Waals surface area contributed by atoms with Crippen molar-refractivity contribution in [3.63, 3.8) is 0 Å². The molecule has 1 aliphatic heterocycles. The standard InChI is InChI=1S/C11H16N7/c1-8(2)17-4-3-5-18-9(7-17)6-10(14-18)11-12-15-16-13-11/h6-8H,3-5H2,1-2H3,(H,12,13,15,16)/q+1. The first-order valence-corrected chi connectivity index (χ1v) is 6.16. The summed E-state index contributed by atoms with van der Waals surface area (Å²) in [4.78, 5) is 0. The summed E-state index contributed by atoms with van der Waals surface area (Å²) in [7, 11) is 0. The van der Waals surface area contributed by atoms with E-state index >= 15 is 0 Å². The largest absolute Gasteiger partial charge is 0.258 e. The molecular formula is C11H16N7+. The number of rotatable bonds is 2. The Balaban J connectivity index is 2.01. The minimum absolute atomic E-state index is 0.500. The summed E-state index contributed by atoms with van der Waals surface area (Å²) in [5.74, 6) is 0.542. The predicted molar refractivity (Wildman–Crippen MR) is 65.4 cm³/mol. The molecule has 0 amide bonds. The zero-order valence-electron chi connectivity index (χ0n) is 10.5. The number of aromatic nitrogens is 6. The minimum atomic E-state index is 0.500. The normalized spacial score (nSPS) is 15.4. The summed E-state index contributed by atoms with van der Waals surface area (Å²) in [5.41, 5.74) is 1.86. The third-order valence-electron chi connectivity index (χ3n) is 3.13. The number of H-pyrrole nitrogens is 1. The number of hydrogen-bond acceptors (Lipinski definition) is 4. The Morgan fingerprint density at radius 2 is 2.33 bits per heavy atom. The molecule has 0 radical (unpaired) electrons. The van der Waals surface area contributed by atoms with E-state index in [-0.39, 0.29) is 0 Å². The Labute approximate surface area is 105 Å². The van der Waals surface area contributed by atoms with E-state index in [1.807, 2.05) is 10.7 Å². The molecule has 18 heavy (non-hydrogen) atoms. The Morgan fingerprint density at radius 3 is 3.06 bits per heavy atom. The van der Waals surface area contributed by atoms with E-state index in [0.717, 1.165) is 30.9 Å². The van der Waals surface area contributed by atoms with Crippen molar-refractivity contribution in [3.8, 4) is 11.5 Å². The van der Waals surface area contributed by atoms with Crippen LogP contribution in [0.15, 0.2) is 6.07 Å². The van der Waals surface area contributed by atoms with Crippen LogP contribution in [0.4, 0.5) is 0 Å². The van der Waals surface area contributed by atoms with Crippen molar-refractivity contribution < 1.29 is 4.58 Å². The molecule has 2 aromatic heterocycles. The first-order valence-electron chi connectivity index (χ1n) is 6.16. The summed E-state index contributed by atoms with van der Waals surface area (Å²) in [6.45, 7) is 6.39. The van der Waals surface area contributed by atoms with Crippen LogP contribution in [-0.4, -0.2) is 53.8 Å². The molecule has 0 bridgehead atoms. The second-order valence-corrected chi connectivity index (χ2v) is 4.73. The quantitative estimate of drug-likeness (QED) is 0.774. The third kappa shape index (κ3) is 1.92. The molecule has 3 heterocycles. The highest BCUT2D eigenvalue weighted by Gasteiger charge is 2.19. The van der Waals surface area contributed by atoms with Crippen LogP contribution in [0.5, 0.6) is 0 Å². The van der Waals surface area contributed by atoms with Crippen molar-refractivity contribution in [3.05, 3.63) is 11.8 Å². The third-order valence-corrected chi connectivity index (χ3v) is 3.13. The first-order chi connectivity index (χ1) is 8.74. The highest BCUT2D eigenvalue weighted by molar-refractivity contribution is 5.75. The molecule has 1 N–H and O–H groups in total.